The van der Waals surface area contributed by atoms with Crippen LogP contribution in [0.5, 0.6) is 0 Å². The van der Waals surface area contributed by atoms with Crippen LogP contribution in [0.15, 0.2) is 6.07 Å². The van der Waals surface area contributed by atoms with E-state index in [1.165, 1.54) is 12.2 Å². The van der Waals surface area contributed by atoms with Gasteiger partial charge >= 0.3 is 0 Å². The summed E-state index contributed by atoms with van der Waals surface area (Å²) in [6.07, 6.45) is 1.21. The number of aromatic nitrogens is 2. The Kier molecular flexibility index (Phi) is 4.38. The van der Waals surface area contributed by atoms with E-state index in [1.54, 1.807) is 0 Å². The van der Waals surface area contributed by atoms with Crippen molar-refractivity contribution in [1.29, 1.82) is 0 Å². The second-order valence-electron chi connectivity index (χ2n) is 5.58. The molecule has 0 saturated carbocycles. The van der Waals surface area contributed by atoms with E-state index in [-0.39, 0.29) is 5.41 Å². The molecule has 0 aromatic carbocycles. The van der Waals surface area contributed by atoms with E-state index in [4.69, 9.17) is 16.6 Å². The van der Waals surface area contributed by atoms with E-state index in [1.807, 2.05) is 17.8 Å². The second kappa shape index (κ2) is 5.66. The maximum Gasteiger partial charge on any atom is 0.137 e. The first-order valence-electron chi connectivity index (χ1n) is 6.34. The summed E-state index contributed by atoms with van der Waals surface area (Å²) < 4.78 is 0. The normalized spacial score (nSPS) is 17.7. The fourth-order valence-electron chi connectivity index (χ4n) is 1.88. The highest BCUT2D eigenvalue weighted by Crippen LogP contribution is 2.25. The lowest BCUT2D eigenvalue weighted by atomic mass is 9.96. The molecule has 1 aliphatic rings. The Labute approximate surface area is 118 Å². The van der Waals surface area contributed by atoms with Gasteiger partial charge in [-0.2, -0.15) is 11.8 Å². The molecule has 2 rings (SSSR count). The minimum absolute atomic E-state index is 0.0692. The monoisotopic (exact) mass is 285 g/mol. The van der Waals surface area contributed by atoms with Gasteiger partial charge in [0.15, 0.2) is 0 Å². The van der Waals surface area contributed by atoms with Crippen molar-refractivity contribution < 1.29 is 0 Å². The summed E-state index contributed by atoms with van der Waals surface area (Å²) in [7, 11) is 0. The molecule has 5 heteroatoms. The number of rotatable bonds is 1. The number of hydrogen-bond donors (Lipinski definition) is 0. The Morgan fingerprint density at radius 3 is 2.72 bits per heavy atom. The number of anilines is 1. The smallest absolute Gasteiger partial charge is 0.137 e. The van der Waals surface area contributed by atoms with Gasteiger partial charge in [-0.15, -0.1) is 0 Å². The number of thioether (sulfide) groups is 1. The molecule has 1 fully saturated rings. The summed E-state index contributed by atoms with van der Waals surface area (Å²) in [6, 6.07) is 1.88. The van der Waals surface area contributed by atoms with Gasteiger partial charge in [0.05, 0.1) is 0 Å². The molecule has 1 aromatic rings. The maximum absolute atomic E-state index is 6.13. The van der Waals surface area contributed by atoms with Gasteiger partial charge in [0.2, 0.25) is 0 Å². The van der Waals surface area contributed by atoms with Crippen molar-refractivity contribution in [1.82, 2.24) is 9.97 Å². The fourth-order valence-corrected chi connectivity index (χ4v) is 2.94. The lowest BCUT2D eigenvalue weighted by molar-refractivity contribution is 0.544. The first kappa shape index (κ1) is 13.9. The van der Waals surface area contributed by atoms with Gasteiger partial charge in [-0.3, -0.25) is 0 Å². The molecule has 100 valence electrons. The Morgan fingerprint density at radius 2 is 2.00 bits per heavy atom. The van der Waals surface area contributed by atoms with E-state index >= 15 is 0 Å². The zero-order chi connectivity index (χ0) is 13.2. The first-order valence-corrected chi connectivity index (χ1v) is 7.88. The molecule has 2 heterocycles. The Morgan fingerprint density at radius 1 is 1.22 bits per heavy atom. The van der Waals surface area contributed by atoms with Crippen LogP contribution in [0.2, 0.25) is 5.15 Å². The number of hydrogen-bond acceptors (Lipinski definition) is 4. The Bertz CT molecular complexity index is 409. The third-order valence-electron chi connectivity index (χ3n) is 2.90. The first-order chi connectivity index (χ1) is 8.47. The van der Waals surface area contributed by atoms with Crippen LogP contribution in [0.1, 0.15) is 33.0 Å². The molecule has 1 aliphatic heterocycles. The van der Waals surface area contributed by atoms with Crippen molar-refractivity contribution in [3.63, 3.8) is 0 Å². The maximum atomic E-state index is 6.13. The summed E-state index contributed by atoms with van der Waals surface area (Å²) in [5, 5.41) is 0.543. The second-order valence-corrected chi connectivity index (χ2v) is 7.19. The van der Waals surface area contributed by atoms with Gasteiger partial charge in [-0.25, -0.2) is 9.97 Å². The molecule has 0 atom stereocenters. The lowest BCUT2D eigenvalue weighted by Gasteiger charge is -2.24. The van der Waals surface area contributed by atoms with Crippen molar-refractivity contribution in [2.45, 2.75) is 32.6 Å². The van der Waals surface area contributed by atoms with Gasteiger partial charge < -0.3 is 4.90 Å². The third kappa shape index (κ3) is 3.51. The molecule has 0 unspecified atom stereocenters. The molecule has 1 saturated heterocycles. The Balaban J connectivity index is 2.29. The minimum atomic E-state index is -0.0692. The highest BCUT2D eigenvalue weighted by atomic mass is 35.5. The standard InChI is InChI=1S/C13H20ClN3S/c1-13(2,3)12-15-10(14)9-11(16-12)17-5-4-7-18-8-6-17/h9H,4-8H2,1-3H3. The number of halogens is 1. The summed E-state index contributed by atoms with van der Waals surface area (Å²) >= 11 is 8.14. The lowest BCUT2D eigenvalue weighted by Crippen LogP contribution is -2.28. The molecule has 18 heavy (non-hydrogen) atoms. The molecule has 0 bridgehead atoms. The van der Waals surface area contributed by atoms with E-state index in [0.717, 1.165) is 30.5 Å². The third-order valence-corrected chi connectivity index (χ3v) is 4.14. The van der Waals surface area contributed by atoms with Crippen molar-refractivity contribution in [3.8, 4) is 0 Å². The van der Waals surface area contributed by atoms with E-state index in [2.05, 4.69) is 30.7 Å². The largest absolute Gasteiger partial charge is 0.356 e. The van der Waals surface area contributed by atoms with E-state index in [0.29, 0.717) is 5.15 Å². The molecule has 1 aromatic heterocycles. The summed E-state index contributed by atoms with van der Waals surface area (Å²) in [5.74, 6) is 4.19. The molecular formula is C13H20ClN3S. The molecule has 3 nitrogen and oxygen atoms in total. The molecule has 0 aliphatic carbocycles. The van der Waals surface area contributed by atoms with Gasteiger partial charge in [-0.1, -0.05) is 32.4 Å². The molecule has 0 spiro atoms. The van der Waals surface area contributed by atoms with Crippen LogP contribution >= 0.6 is 23.4 Å². The molecule has 0 N–H and O–H groups in total. The van der Waals surface area contributed by atoms with E-state index in [9.17, 15) is 0 Å². The van der Waals surface area contributed by atoms with Gasteiger partial charge in [0.25, 0.3) is 0 Å². The quantitative estimate of drug-likeness (QED) is 0.740. The van der Waals surface area contributed by atoms with Crippen LogP contribution in [0.25, 0.3) is 0 Å². The van der Waals surface area contributed by atoms with Crippen LogP contribution in [-0.4, -0.2) is 34.6 Å². The van der Waals surface area contributed by atoms with E-state index < -0.39 is 0 Å². The highest BCUT2D eigenvalue weighted by molar-refractivity contribution is 7.99. The fraction of sp³-hybridized carbons (Fsp3) is 0.692. The van der Waals surface area contributed by atoms with Crippen LogP contribution in [0.4, 0.5) is 5.82 Å². The van der Waals surface area contributed by atoms with Gasteiger partial charge in [0, 0.05) is 30.3 Å². The van der Waals surface area contributed by atoms with Crippen molar-refractivity contribution in [2.24, 2.45) is 0 Å². The summed E-state index contributed by atoms with van der Waals surface area (Å²) in [4.78, 5) is 11.4. The average Bonchev–Trinajstić information content (AvgIpc) is 2.55. The van der Waals surface area contributed by atoms with Crippen LogP contribution in [-0.2, 0) is 5.41 Å². The van der Waals surface area contributed by atoms with Crippen molar-refractivity contribution in [3.05, 3.63) is 17.0 Å². The predicted molar refractivity (Wildman–Crippen MR) is 79.9 cm³/mol. The predicted octanol–water partition coefficient (Wildman–Crippen LogP) is 3.37. The zero-order valence-electron chi connectivity index (χ0n) is 11.2. The molecule has 0 amide bonds. The van der Waals surface area contributed by atoms with Crippen LogP contribution in [0.3, 0.4) is 0 Å². The highest BCUT2D eigenvalue weighted by Gasteiger charge is 2.21. The SMILES string of the molecule is CC(C)(C)c1nc(Cl)cc(N2CCCSCC2)n1. The van der Waals surface area contributed by atoms with Crippen molar-refractivity contribution >= 4 is 29.2 Å². The topological polar surface area (TPSA) is 29.0 Å². The summed E-state index contributed by atoms with van der Waals surface area (Å²) in [6.45, 7) is 8.44. The molecule has 0 radical (unpaired) electrons. The Hall–Kier alpha value is -0.480. The van der Waals surface area contributed by atoms with Gasteiger partial charge in [0.1, 0.15) is 16.8 Å². The zero-order valence-corrected chi connectivity index (χ0v) is 12.8. The molecular weight excluding hydrogens is 266 g/mol. The average molecular weight is 286 g/mol. The van der Waals surface area contributed by atoms with Crippen LogP contribution in [0, 0.1) is 0 Å². The minimum Gasteiger partial charge on any atom is -0.356 e. The van der Waals surface area contributed by atoms with Gasteiger partial charge in [-0.05, 0) is 12.2 Å². The summed E-state index contributed by atoms with van der Waals surface area (Å²) in [5.41, 5.74) is -0.0692. The number of nitrogens with zero attached hydrogens (tertiary/aromatic N) is 3. The van der Waals surface area contributed by atoms with Crippen LogP contribution < -0.4 is 4.90 Å². The van der Waals surface area contributed by atoms with Crippen molar-refractivity contribution in [2.75, 3.05) is 29.5 Å².